The maximum absolute atomic E-state index is 15.0. The molecule has 3 aromatic rings. The molecular formula is C23H24FN5O5S. The molecular weight excluding hydrogens is 477 g/mol. The molecule has 1 atom stereocenters. The van der Waals surface area contributed by atoms with Crippen molar-refractivity contribution in [1.29, 1.82) is 5.41 Å². The molecule has 0 spiro atoms. The molecule has 0 radical (unpaired) electrons. The van der Waals surface area contributed by atoms with Gasteiger partial charge in [-0.15, -0.1) is 4.83 Å². The lowest BCUT2D eigenvalue weighted by atomic mass is 10.0. The molecule has 1 amide bonds. The van der Waals surface area contributed by atoms with Gasteiger partial charge in [-0.25, -0.2) is 12.8 Å². The number of hydrazine groups is 1. The number of carbonyl (C=O) groups excluding carboxylic acids is 1. The van der Waals surface area contributed by atoms with Crippen molar-refractivity contribution < 1.29 is 27.1 Å². The van der Waals surface area contributed by atoms with Crippen molar-refractivity contribution >= 4 is 27.5 Å². The number of methoxy groups -OCH3 is 2. The van der Waals surface area contributed by atoms with Crippen molar-refractivity contribution in [2.75, 3.05) is 19.5 Å². The van der Waals surface area contributed by atoms with Crippen LogP contribution in [0.25, 0.3) is 0 Å². The fraction of sp³-hybridized carbons (Fsp3) is 0.130. The van der Waals surface area contributed by atoms with Crippen molar-refractivity contribution in [3.8, 4) is 11.5 Å². The minimum Gasteiger partial charge on any atom is -0.493 e. The molecule has 184 valence electrons. The van der Waals surface area contributed by atoms with Gasteiger partial charge in [-0.05, 0) is 42.5 Å². The van der Waals surface area contributed by atoms with Gasteiger partial charge in [-0.3, -0.25) is 15.6 Å². The van der Waals surface area contributed by atoms with Crippen LogP contribution in [-0.4, -0.2) is 34.4 Å². The summed E-state index contributed by atoms with van der Waals surface area (Å²) in [5.41, 5.74) is 8.30. The number of hydrogen-bond donors (Lipinski definition) is 5. The number of rotatable bonds is 10. The zero-order valence-corrected chi connectivity index (χ0v) is 19.6. The molecule has 0 aromatic heterocycles. The number of carbonyl (C=O) groups is 1. The van der Waals surface area contributed by atoms with E-state index in [1.807, 2.05) is 4.83 Å². The summed E-state index contributed by atoms with van der Waals surface area (Å²) in [7, 11) is -1.38. The number of hydrogen-bond acceptors (Lipinski definition) is 7. The topological polar surface area (TPSA) is 156 Å². The minimum absolute atomic E-state index is 0.0677. The summed E-state index contributed by atoms with van der Waals surface area (Å²) in [4.78, 5) is 15.1. The largest absolute Gasteiger partial charge is 0.493 e. The van der Waals surface area contributed by atoms with Crippen molar-refractivity contribution in [2.45, 2.75) is 10.9 Å². The van der Waals surface area contributed by atoms with Crippen LogP contribution < -0.4 is 30.8 Å². The van der Waals surface area contributed by atoms with Crippen LogP contribution in [0.1, 0.15) is 17.2 Å². The summed E-state index contributed by atoms with van der Waals surface area (Å²) in [6.45, 7) is 0. The number of halogens is 1. The van der Waals surface area contributed by atoms with Crippen LogP contribution in [0, 0.1) is 11.2 Å². The monoisotopic (exact) mass is 501 g/mol. The molecule has 0 aliphatic carbocycles. The van der Waals surface area contributed by atoms with E-state index in [1.165, 1.54) is 44.6 Å². The van der Waals surface area contributed by atoms with Gasteiger partial charge in [-0.2, -0.15) is 0 Å². The highest BCUT2D eigenvalue weighted by Gasteiger charge is 2.27. The van der Waals surface area contributed by atoms with E-state index in [4.69, 9.17) is 20.6 Å². The molecule has 3 rings (SSSR count). The summed E-state index contributed by atoms with van der Waals surface area (Å²) in [6, 6.07) is 14.5. The molecule has 0 aliphatic heterocycles. The summed E-state index contributed by atoms with van der Waals surface area (Å²) < 4.78 is 50.4. The zero-order chi connectivity index (χ0) is 25.6. The van der Waals surface area contributed by atoms with Gasteiger partial charge in [-0.1, -0.05) is 18.2 Å². The molecule has 0 saturated carbocycles. The lowest BCUT2D eigenvalue weighted by Crippen LogP contribution is -2.45. The second-order valence-electron chi connectivity index (χ2n) is 7.20. The maximum atomic E-state index is 15.0. The molecule has 0 aliphatic rings. The van der Waals surface area contributed by atoms with Gasteiger partial charge < -0.3 is 20.5 Å². The van der Waals surface area contributed by atoms with Crippen LogP contribution in [0.2, 0.25) is 0 Å². The Kier molecular flexibility index (Phi) is 7.89. The molecule has 3 aromatic carbocycles. The number of amides is 1. The second-order valence-corrected chi connectivity index (χ2v) is 8.89. The van der Waals surface area contributed by atoms with Crippen LogP contribution in [0.4, 0.5) is 10.1 Å². The Labute approximate surface area is 201 Å². The number of nitrogens with two attached hydrogens (primary N) is 1. The quantitative estimate of drug-likeness (QED) is 0.162. The lowest BCUT2D eigenvalue weighted by molar-refractivity contribution is -0.122. The molecule has 0 fully saturated rings. The number of anilines is 1. The van der Waals surface area contributed by atoms with Gasteiger partial charge >= 0.3 is 0 Å². The predicted molar refractivity (Wildman–Crippen MR) is 128 cm³/mol. The highest BCUT2D eigenvalue weighted by molar-refractivity contribution is 7.89. The van der Waals surface area contributed by atoms with E-state index in [2.05, 4.69) is 10.7 Å². The van der Waals surface area contributed by atoms with Gasteiger partial charge in [0.15, 0.2) is 11.5 Å². The van der Waals surface area contributed by atoms with Crippen LogP contribution in [0.15, 0.2) is 71.6 Å². The van der Waals surface area contributed by atoms with E-state index in [1.54, 1.807) is 30.3 Å². The van der Waals surface area contributed by atoms with E-state index < -0.39 is 27.8 Å². The SMILES string of the molecule is COc1cc(F)c(C(Nc2ccc(C(=N)N)cc2)C(=O)NNS(=O)(=O)c2ccccc2)cc1OC. The number of benzene rings is 3. The molecule has 1 unspecified atom stereocenters. The Hall–Kier alpha value is -4.16. The first-order valence-corrected chi connectivity index (χ1v) is 11.6. The number of sulfonamides is 1. The molecule has 12 heteroatoms. The van der Waals surface area contributed by atoms with Crippen molar-refractivity contribution in [2.24, 2.45) is 5.73 Å². The van der Waals surface area contributed by atoms with Gasteiger partial charge in [0.05, 0.1) is 19.1 Å². The Morgan fingerprint density at radius 2 is 1.60 bits per heavy atom. The second kappa shape index (κ2) is 10.8. The van der Waals surface area contributed by atoms with Crippen LogP contribution >= 0.6 is 0 Å². The fourth-order valence-electron chi connectivity index (χ4n) is 3.14. The highest BCUT2D eigenvalue weighted by Crippen LogP contribution is 2.34. The first-order chi connectivity index (χ1) is 16.7. The molecule has 10 nitrogen and oxygen atoms in total. The summed E-state index contributed by atoms with van der Waals surface area (Å²) in [5.74, 6) is -1.55. The highest BCUT2D eigenvalue weighted by atomic mass is 32.2. The van der Waals surface area contributed by atoms with Crippen molar-refractivity contribution in [1.82, 2.24) is 10.3 Å². The predicted octanol–water partition coefficient (Wildman–Crippen LogP) is 2.29. The minimum atomic E-state index is -4.08. The standard InChI is InChI=1S/C23H24FN5O5S/c1-33-19-12-17(18(24)13-20(19)34-2)21(27-15-10-8-14(9-11-15)22(25)26)23(30)28-29-35(31,32)16-6-4-3-5-7-16/h3-13,21,27,29H,1-2H3,(H3,25,26)(H,28,30). The Morgan fingerprint density at radius 3 is 2.17 bits per heavy atom. The third-order valence-electron chi connectivity index (χ3n) is 4.95. The Morgan fingerprint density at radius 1 is 1.00 bits per heavy atom. The molecule has 0 heterocycles. The first kappa shape index (κ1) is 25.5. The summed E-state index contributed by atoms with van der Waals surface area (Å²) in [6.07, 6.45) is 0. The van der Waals surface area contributed by atoms with Crippen LogP contribution in [-0.2, 0) is 14.8 Å². The average Bonchev–Trinajstić information content (AvgIpc) is 2.86. The average molecular weight is 502 g/mol. The van der Waals surface area contributed by atoms with E-state index in [0.29, 0.717) is 11.3 Å². The van der Waals surface area contributed by atoms with Crippen molar-refractivity contribution in [3.05, 3.63) is 83.7 Å². The van der Waals surface area contributed by atoms with E-state index in [0.717, 1.165) is 6.07 Å². The Bertz CT molecular complexity index is 1320. The molecule has 0 bridgehead atoms. The third kappa shape index (κ3) is 6.05. The molecule has 35 heavy (non-hydrogen) atoms. The van der Waals surface area contributed by atoms with Gasteiger partial charge in [0.1, 0.15) is 17.7 Å². The number of ether oxygens (including phenoxy) is 2. The molecule has 0 saturated heterocycles. The van der Waals surface area contributed by atoms with Crippen LogP contribution in [0.5, 0.6) is 11.5 Å². The van der Waals surface area contributed by atoms with Gasteiger partial charge in [0.25, 0.3) is 15.9 Å². The van der Waals surface area contributed by atoms with Crippen LogP contribution in [0.3, 0.4) is 0 Å². The van der Waals surface area contributed by atoms with Gasteiger partial charge in [0.2, 0.25) is 0 Å². The first-order valence-electron chi connectivity index (χ1n) is 10.2. The van der Waals surface area contributed by atoms with E-state index in [-0.39, 0.29) is 27.8 Å². The molecule has 6 N–H and O–H groups in total. The maximum Gasteiger partial charge on any atom is 0.262 e. The number of nitrogen functional groups attached to an aromatic ring is 1. The summed E-state index contributed by atoms with van der Waals surface area (Å²) >= 11 is 0. The summed E-state index contributed by atoms with van der Waals surface area (Å²) in [5, 5.41) is 10.4. The van der Waals surface area contributed by atoms with E-state index in [9.17, 15) is 13.2 Å². The lowest BCUT2D eigenvalue weighted by Gasteiger charge is -2.22. The van der Waals surface area contributed by atoms with E-state index >= 15 is 4.39 Å². The third-order valence-corrected chi connectivity index (χ3v) is 6.21. The Balaban J connectivity index is 1.94. The number of amidine groups is 1. The van der Waals surface area contributed by atoms with Gasteiger partial charge in [0, 0.05) is 22.9 Å². The zero-order valence-electron chi connectivity index (χ0n) is 18.8. The normalized spacial score (nSPS) is 11.9. The smallest absolute Gasteiger partial charge is 0.262 e. The fourth-order valence-corrected chi connectivity index (χ4v) is 4.00. The van der Waals surface area contributed by atoms with Crippen molar-refractivity contribution in [3.63, 3.8) is 0 Å². The number of nitrogens with one attached hydrogen (secondary N) is 4.